The van der Waals surface area contributed by atoms with E-state index in [4.69, 9.17) is 16.3 Å². The molecule has 1 unspecified atom stereocenters. The second-order valence-corrected chi connectivity index (χ2v) is 7.13. The van der Waals surface area contributed by atoms with Crippen LogP contribution in [0.2, 0.25) is 5.02 Å². The predicted molar refractivity (Wildman–Crippen MR) is 101 cm³/mol. The summed E-state index contributed by atoms with van der Waals surface area (Å²) < 4.78 is 5.65. The highest BCUT2D eigenvalue weighted by atomic mass is 35.5. The van der Waals surface area contributed by atoms with E-state index in [1.807, 2.05) is 18.2 Å². The molecule has 2 aromatic rings. The van der Waals surface area contributed by atoms with Crippen molar-refractivity contribution in [2.24, 2.45) is 5.41 Å². The van der Waals surface area contributed by atoms with Crippen molar-refractivity contribution < 1.29 is 19.4 Å². The molecule has 1 aliphatic heterocycles. The number of hydrogen-bond donors (Lipinski definition) is 2. The fraction of sp³-hybridized carbons (Fsp3) is 0.316. The van der Waals surface area contributed by atoms with Crippen LogP contribution in [0.1, 0.15) is 19.0 Å². The number of anilines is 1. The molecule has 1 fully saturated rings. The van der Waals surface area contributed by atoms with Crippen LogP contribution in [0.3, 0.4) is 0 Å². The second kappa shape index (κ2) is 7.84. The summed E-state index contributed by atoms with van der Waals surface area (Å²) in [5.41, 5.74) is 0.388. The fourth-order valence-electron chi connectivity index (χ4n) is 2.84. The Bertz CT molecular complexity index is 846. The molecule has 1 aliphatic rings. The molecule has 1 aromatic carbocycles. The molecule has 0 saturated carbocycles. The van der Waals surface area contributed by atoms with Gasteiger partial charge in [0.1, 0.15) is 12.4 Å². The maximum atomic E-state index is 12.4. The number of hydrogen-bond acceptors (Lipinski definition) is 4. The number of likely N-dealkylation sites (tertiary alicyclic amines) is 1. The van der Waals surface area contributed by atoms with Crippen molar-refractivity contribution in [3.8, 4) is 5.75 Å². The van der Waals surface area contributed by atoms with Crippen LogP contribution >= 0.6 is 11.6 Å². The largest absolute Gasteiger partial charge is 0.486 e. The Balaban J connectivity index is 1.59. The maximum absolute atomic E-state index is 12.4. The summed E-state index contributed by atoms with van der Waals surface area (Å²) in [5, 5.41) is 12.4. The van der Waals surface area contributed by atoms with Gasteiger partial charge in [-0.2, -0.15) is 0 Å². The van der Waals surface area contributed by atoms with Gasteiger partial charge in [0.05, 0.1) is 16.1 Å². The summed E-state index contributed by atoms with van der Waals surface area (Å²) in [6.45, 7) is 2.50. The number of carbonyl (C=O) groups is 2. The van der Waals surface area contributed by atoms with Crippen LogP contribution in [-0.4, -0.2) is 40.1 Å². The van der Waals surface area contributed by atoms with Crippen molar-refractivity contribution in [3.05, 3.63) is 53.3 Å². The Morgan fingerprint density at radius 2 is 2.19 bits per heavy atom. The van der Waals surface area contributed by atoms with E-state index in [0.29, 0.717) is 29.4 Å². The van der Waals surface area contributed by atoms with Crippen LogP contribution in [0, 0.1) is 5.41 Å². The molecule has 1 atom stereocenters. The van der Waals surface area contributed by atoms with Crippen LogP contribution in [-0.2, 0) is 11.4 Å². The number of carboxylic acid groups (broad SMARTS) is 1. The number of aromatic nitrogens is 1. The average Bonchev–Trinajstić information content (AvgIpc) is 3.06. The van der Waals surface area contributed by atoms with Gasteiger partial charge in [0.2, 0.25) is 0 Å². The van der Waals surface area contributed by atoms with Gasteiger partial charge in [-0.15, -0.1) is 0 Å². The number of urea groups is 1. The van der Waals surface area contributed by atoms with Gasteiger partial charge in [0.15, 0.2) is 0 Å². The third kappa shape index (κ3) is 4.49. The first-order valence-corrected chi connectivity index (χ1v) is 8.87. The molecule has 2 heterocycles. The molecule has 2 amide bonds. The molecule has 0 aliphatic carbocycles. The zero-order valence-electron chi connectivity index (χ0n) is 14.8. The molecule has 2 N–H and O–H groups in total. The van der Waals surface area contributed by atoms with E-state index in [1.165, 1.54) is 4.90 Å². The van der Waals surface area contributed by atoms with Crippen molar-refractivity contribution in [2.45, 2.75) is 20.0 Å². The number of halogens is 1. The summed E-state index contributed by atoms with van der Waals surface area (Å²) in [5.74, 6) is -0.407. The van der Waals surface area contributed by atoms with Crippen LogP contribution < -0.4 is 10.1 Å². The van der Waals surface area contributed by atoms with Crippen molar-refractivity contribution in [2.75, 3.05) is 18.4 Å². The van der Waals surface area contributed by atoms with Gasteiger partial charge >= 0.3 is 12.0 Å². The third-order valence-electron chi connectivity index (χ3n) is 4.56. The highest BCUT2D eigenvalue weighted by Crippen LogP contribution is 2.31. The van der Waals surface area contributed by atoms with E-state index < -0.39 is 11.4 Å². The number of nitrogens with one attached hydrogen (secondary N) is 1. The molecule has 3 rings (SSSR count). The fourth-order valence-corrected chi connectivity index (χ4v) is 3.08. The molecule has 0 spiro atoms. The topological polar surface area (TPSA) is 91.8 Å². The quantitative estimate of drug-likeness (QED) is 0.814. The van der Waals surface area contributed by atoms with Gasteiger partial charge in [-0.1, -0.05) is 17.7 Å². The van der Waals surface area contributed by atoms with E-state index in [2.05, 4.69) is 10.3 Å². The van der Waals surface area contributed by atoms with Gasteiger partial charge in [-0.25, -0.2) is 4.79 Å². The molecule has 1 saturated heterocycles. The molecule has 0 bridgehead atoms. The maximum Gasteiger partial charge on any atom is 0.321 e. The van der Waals surface area contributed by atoms with Crippen molar-refractivity contribution in [1.82, 2.24) is 9.88 Å². The zero-order valence-corrected chi connectivity index (χ0v) is 15.6. The molecule has 142 valence electrons. The second-order valence-electron chi connectivity index (χ2n) is 6.72. The number of aliphatic carboxylic acids is 1. The molecule has 0 radical (unpaired) electrons. The van der Waals surface area contributed by atoms with E-state index >= 15 is 0 Å². The van der Waals surface area contributed by atoms with E-state index in [1.54, 1.807) is 31.3 Å². The van der Waals surface area contributed by atoms with Crippen molar-refractivity contribution >= 4 is 29.3 Å². The van der Waals surface area contributed by atoms with Gasteiger partial charge in [-0.05, 0) is 43.7 Å². The summed E-state index contributed by atoms with van der Waals surface area (Å²) in [7, 11) is 0. The summed E-state index contributed by atoms with van der Waals surface area (Å²) in [6.07, 6.45) is 2.11. The summed E-state index contributed by atoms with van der Waals surface area (Å²) in [6, 6.07) is 10.2. The van der Waals surface area contributed by atoms with Crippen molar-refractivity contribution in [3.63, 3.8) is 0 Å². The van der Waals surface area contributed by atoms with Crippen LogP contribution in [0.4, 0.5) is 10.5 Å². The van der Waals surface area contributed by atoms with Crippen LogP contribution in [0.15, 0.2) is 42.6 Å². The Morgan fingerprint density at radius 1 is 1.37 bits per heavy atom. The lowest BCUT2D eigenvalue weighted by Gasteiger charge is -2.20. The first kappa shape index (κ1) is 19.0. The monoisotopic (exact) mass is 389 g/mol. The number of nitrogens with zero attached hydrogens (tertiary/aromatic N) is 2. The minimum Gasteiger partial charge on any atom is -0.486 e. The van der Waals surface area contributed by atoms with Gasteiger partial charge in [0.25, 0.3) is 0 Å². The standard InChI is InChI=1S/C19H20ClN3O4/c1-19(17(24)25)7-9-23(12-19)18(26)22-13-5-6-16(15(20)10-13)27-11-14-4-2-3-8-21-14/h2-6,8,10H,7,9,11-12H2,1H3,(H,22,26)(H,24,25). The smallest absolute Gasteiger partial charge is 0.321 e. The molecule has 1 aromatic heterocycles. The summed E-state index contributed by atoms with van der Waals surface area (Å²) in [4.78, 5) is 29.3. The Hall–Kier alpha value is -2.80. The van der Waals surface area contributed by atoms with E-state index in [0.717, 1.165) is 5.69 Å². The van der Waals surface area contributed by atoms with Gasteiger partial charge in [-0.3, -0.25) is 9.78 Å². The van der Waals surface area contributed by atoms with E-state index in [9.17, 15) is 14.7 Å². The normalized spacial score (nSPS) is 19.0. The van der Waals surface area contributed by atoms with Gasteiger partial charge in [0, 0.05) is 25.0 Å². The lowest BCUT2D eigenvalue weighted by Crippen LogP contribution is -2.37. The first-order chi connectivity index (χ1) is 12.9. The number of amides is 2. The lowest BCUT2D eigenvalue weighted by atomic mass is 9.90. The SMILES string of the molecule is CC1(C(=O)O)CCN(C(=O)Nc2ccc(OCc3ccccn3)c(Cl)c2)C1. The number of carboxylic acids is 1. The molecule has 27 heavy (non-hydrogen) atoms. The number of benzene rings is 1. The molecule has 8 heteroatoms. The minimum absolute atomic E-state index is 0.174. The number of carbonyl (C=O) groups excluding carboxylic acids is 1. The highest BCUT2D eigenvalue weighted by molar-refractivity contribution is 6.32. The number of ether oxygens (including phenoxy) is 1. The number of pyridine rings is 1. The van der Waals surface area contributed by atoms with Crippen LogP contribution in [0.5, 0.6) is 5.75 Å². The first-order valence-electron chi connectivity index (χ1n) is 8.49. The minimum atomic E-state index is -0.905. The Labute approximate surface area is 161 Å². The lowest BCUT2D eigenvalue weighted by molar-refractivity contribution is -0.146. The Kier molecular flexibility index (Phi) is 5.51. The summed E-state index contributed by atoms with van der Waals surface area (Å²) >= 11 is 6.24. The van der Waals surface area contributed by atoms with Crippen LogP contribution in [0.25, 0.3) is 0 Å². The zero-order chi connectivity index (χ0) is 19.4. The molecular formula is C19H20ClN3O4. The Morgan fingerprint density at radius 3 is 2.81 bits per heavy atom. The van der Waals surface area contributed by atoms with Gasteiger partial charge < -0.3 is 20.1 Å². The number of rotatable bonds is 5. The highest BCUT2D eigenvalue weighted by Gasteiger charge is 2.42. The predicted octanol–water partition coefficient (Wildman–Crippen LogP) is 3.64. The third-order valence-corrected chi connectivity index (χ3v) is 4.86. The molecular weight excluding hydrogens is 370 g/mol. The van der Waals surface area contributed by atoms with Crippen molar-refractivity contribution in [1.29, 1.82) is 0 Å². The molecule has 7 nitrogen and oxygen atoms in total. The average molecular weight is 390 g/mol. The van der Waals surface area contributed by atoms with E-state index in [-0.39, 0.29) is 19.2 Å².